The van der Waals surface area contributed by atoms with Crippen LogP contribution in [0.15, 0.2) is 24.3 Å². The molecule has 0 amide bonds. The lowest BCUT2D eigenvalue weighted by molar-refractivity contribution is -0.0979. The van der Waals surface area contributed by atoms with Crippen LogP contribution in [0.4, 0.5) is 0 Å². The van der Waals surface area contributed by atoms with E-state index < -0.39 is 0 Å². The summed E-state index contributed by atoms with van der Waals surface area (Å²) in [6.45, 7) is 9.30. The predicted molar refractivity (Wildman–Crippen MR) is 103 cm³/mol. The summed E-state index contributed by atoms with van der Waals surface area (Å²) in [5.41, 5.74) is 1.34. The zero-order valence-electron chi connectivity index (χ0n) is 16.0. The van der Waals surface area contributed by atoms with Crippen molar-refractivity contribution in [1.82, 2.24) is 0 Å². The van der Waals surface area contributed by atoms with Crippen molar-refractivity contribution in [3.63, 3.8) is 0 Å². The molecule has 2 heterocycles. The summed E-state index contributed by atoms with van der Waals surface area (Å²) in [7, 11) is 0. The van der Waals surface area contributed by atoms with Crippen molar-refractivity contribution in [2.45, 2.75) is 71.3 Å². The maximum Gasteiger partial charge on any atom is 0.115 e. The van der Waals surface area contributed by atoms with Crippen LogP contribution in [0.5, 0.6) is 5.75 Å². The zero-order chi connectivity index (χ0) is 18.8. The largest absolute Gasteiger partial charge is 0.508 e. The molecule has 2 saturated heterocycles. The van der Waals surface area contributed by atoms with Crippen LogP contribution in [0.1, 0.15) is 64.4 Å². The number of hydrogen-bond acceptors (Lipinski definition) is 4. The van der Waals surface area contributed by atoms with Gasteiger partial charge in [0, 0.05) is 0 Å². The molecule has 1 aromatic carbocycles. The van der Waals surface area contributed by atoms with E-state index in [9.17, 15) is 0 Å². The second-order valence-electron chi connectivity index (χ2n) is 6.29. The van der Waals surface area contributed by atoms with Crippen molar-refractivity contribution in [2.24, 2.45) is 0 Å². The van der Waals surface area contributed by atoms with Crippen molar-refractivity contribution in [3.05, 3.63) is 29.8 Å². The Bertz CT molecular complexity index is 383. The maximum absolute atomic E-state index is 9.15. The standard InChI is InChI=1S/C15H24O.C3H6O.C2H4O.CH2O/c1-2-3-4-5-6-7-8-9-14-10-12-15(16)13-11-14;1-3-2-4-3;1-2-3-1;1-2/h10-13,16H,2-9H2,1H3;3H,2H2,1H3;1-2H2;1H2. The lowest BCUT2D eigenvalue weighted by atomic mass is 10.0. The molecule has 3 rings (SSSR count). The number of hydrogen-bond donors (Lipinski definition) is 1. The molecule has 2 fully saturated rings. The number of phenols is 1. The Labute approximate surface area is 153 Å². The van der Waals surface area contributed by atoms with E-state index in [0.717, 1.165) is 26.2 Å². The number of unbranched alkanes of at least 4 members (excludes halogenated alkanes) is 6. The highest BCUT2D eigenvalue weighted by atomic mass is 16.6. The van der Waals surface area contributed by atoms with Crippen LogP contribution in [0, 0.1) is 0 Å². The molecule has 0 bridgehead atoms. The smallest absolute Gasteiger partial charge is 0.115 e. The van der Waals surface area contributed by atoms with Crippen LogP contribution >= 0.6 is 0 Å². The molecule has 4 nitrogen and oxygen atoms in total. The Morgan fingerprint density at radius 1 is 1.00 bits per heavy atom. The first kappa shape index (κ1) is 23.6. The maximum atomic E-state index is 9.15. The number of aromatic hydroxyl groups is 1. The number of carbonyl (C=O) groups is 1. The van der Waals surface area contributed by atoms with Gasteiger partial charge in [-0.3, -0.25) is 0 Å². The fraction of sp³-hybridized carbons (Fsp3) is 0.667. The first-order chi connectivity index (χ1) is 12.2. The molecular formula is C21H36O4. The Hall–Kier alpha value is -1.39. The molecule has 4 heteroatoms. The summed E-state index contributed by atoms with van der Waals surface area (Å²) < 4.78 is 9.21. The average molecular weight is 353 g/mol. The van der Waals surface area contributed by atoms with E-state index in [1.165, 1.54) is 50.5 Å². The monoisotopic (exact) mass is 352 g/mol. The minimum absolute atomic E-state index is 0.364. The molecule has 0 aliphatic carbocycles. The Balaban J connectivity index is 0.000000516. The number of benzene rings is 1. The van der Waals surface area contributed by atoms with E-state index in [1.807, 2.05) is 18.9 Å². The quantitative estimate of drug-likeness (QED) is 0.533. The number of aryl methyl sites for hydroxylation is 1. The molecule has 0 spiro atoms. The molecule has 25 heavy (non-hydrogen) atoms. The predicted octanol–water partition coefficient (Wildman–Crippen LogP) is 4.92. The van der Waals surface area contributed by atoms with E-state index in [1.54, 1.807) is 12.1 Å². The molecule has 1 aromatic rings. The van der Waals surface area contributed by atoms with Gasteiger partial charge in [-0.1, -0.05) is 57.6 Å². The number of rotatable bonds is 8. The van der Waals surface area contributed by atoms with Gasteiger partial charge in [0.25, 0.3) is 0 Å². The van der Waals surface area contributed by atoms with Gasteiger partial charge in [0.15, 0.2) is 0 Å². The molecule has 2 aliphatic heterocycles. The third-order valence-electron chi connectivity index (χ3n) is 3.71. The molecule has 2 aliphatic rings. The first-order valence-corrected chi connectivity index (χ1v) is 9.48. The summed E-state index contributed by atoms with van der Waals surface area (Å²) >= 11 is 0. The molecule has 1 atom stereocenters. The van der Waals surface area contributed by atoms with Crippen molar-refractivity contribution >= 4 is 6.79 Å². The topological polar surface area (TPSA) is 62.4 Å². The second-order valence-corrected chi connectivity index (χ2v) is 6.29. The van der Waals surface area contributed by atoms with Crippen molar-refractivity contribution < 1.29 is 19.4 Å². The average Bonchev–Trinajstić information content (AvgIpc) is 3.53. The highest BCUT2D eigenvalue weighted by Gasteiger charge is 2.13. The first-order valence-electron chi connectivity index (χ1n) is 9.48. The molecule has 144 valence electrons. The summed E-state index contributed by atoms with van der Waals surface area (Å²) in [6.07, 6.45) is 11.2. The lowest BCUT2D eigenvalue weighted by Gasteiger charge is -2.02. The Morgan fingerprint density at radius 2 is 1.44 bits per heavy atom. The minimum atomic E-state index is 0.364. The van der Waals surface area contributed by atoms with Gasteiger partial charge in [0.05, 0.1) is 25.9 Å². The van der Waals surface area contributed by atoms with Crippen LogP contribution in [-0.4, -0.2) is 37.8 Å². The van der Waals surface area contributed by atoms with E-state index in [-0.39, 0.29) is 0 Å². The summed E-state index contributed by atoms with van der Waals surface area (Å²) in [4.78, 5) is 8.00. The fourth-order valence-electron chi connectivity index (χ4n) is 2.05. The SMILES string of the molecule is C1CO1.C=O.CC1CO1.CCCCCCCCCc1ccc(O)cc1. The van der Waals surface area contributed by atoms with Gasteiger partial charge in [-0.25, -0.2) is 0 Å². The Morgan fingerprint density at radius 3 is 1.84 bits per heavy atom. The van der Waals surface area contributed by atoms with Gasteiger partial charge < -0.3 is 19.4 Å². The summed E-state index contributed by atoms with van der Waals surface area (Å²) in [5, 5.41) is 9.15. The highest BCUT2D eigenvalue weighted by molar-refractivity contribution is 5.25. The van der Waals surface area contributed by atoms with Crippen LogP contribution in [-0.2, 0) is 20.7 Å². The van der Waals surface area contributed by atoms with E-state index >= 15 is 0 Å². The van der Waals surface area contributed by atoms with Gasteiger partial charge in [0.1, 0.15) is 12.5 Å². The molecular weight excluding hydrogens is 316 g/mol. The van der Waals surface area contributed by atoms with Crippen molar-refractivity contribution in [3.8, 4) is 5.75 Å². The van der Waals surface area contributed by atoms with Gasteiger partial charge in [-0.2, -0.15) is 0 Å². The second kappa shape index (κ2) is 17.4. The van der Waals surface area contributed by atoms with Gasteiger partial charge in [0.2, 0.25) is 0 Å². The number of phenolic OH excluding ortho intramolecular Hbond substituents is 1. The molecule has 1 unspecified atom stereocenters. The van der Waals surface area contributed by atoms with Gasteiger partial charge >= 0.3 is 0 Å². The lowest BCUT2D eigenvalue weighted by Crippen LogP contribution is -1.85. The fourth-order valence-corrected chi connectivity index (χ4v) is 2.05. The zero-order valence-corrected chi connectivity index (χ0v) is 16.0. The summed E-state index contributed by atoms with van der Waals surface area (Å²) in [5.74, 6) is 0.364. The summed E-state index contributed by atoms with van der Waals surface area (Å²) in [6, 6.07) is 7.59. The van der Waals surface area contributed by atoms with E-state index in [2.05, 4.69) is 18.6 Å². The number of epoxide rings is 2. The number of carbonyl (C=O) groups excluding carboxylic acids is 1. The highest BCUT2D eigenvalue weighted by Crippen LogP contribution is 2.13. The van der Waals surface area contributed by atoms with Crippen molar-refractivity contribution in [2.75, 3.05) is 19.8 Å². The third-order valence-corrected chi connectivity index (χ3v) is 3.71. The minimum Gasteiger partial charge on any atom is -0.508 e. The van der Waals surface area contributed by atoms with Crippen LogP contribution < -0.4 is 0 Å². The molecule has 0 saturated carbocycles. The molecule has 1 N–H and O–H groups in total. The normalized spacial score (nSPS) is 16.2. The van der Waals surface area contributed by atoms with E-state index in [4.69, 9.17) is 14.6 Å². The Kier molecular flexibility index (Phi) is 16.5. The van der Waals surface area contributed by atoms with Crippen molar-refractivity contribution in [1.29, 1.82) is 0 Å². The van der Waals surface area contributed by atoms with E-state index in [0.29, 0.717) is 11.9 Å². The van der Waals surface area contributed by atoms with Crippen LogP contribution in [0.25, 0.3) is 0 Å². The molecule has 0 radical (unpaired) electrons. The third kappa shape index (κ3) is 20.6. The number of ether oxygens (including phenoxy) is 2. The van der Waals surface area contributed by atoms with Crippen LogP contribution in [0.3, 0.4) is 0 Å². The van der Waals surface area contributed by atoms with Gasteiger partial charge in [-0.15, -0.1) is 0 Å². The molecule has 0 aromatic heterocycles. The van der Waals surface area contributed by atoms with Crippen LogP contribution in [0.2, 0.25) is 0 Å². The van der Waals surface area contributed by atoms with Gasteiger partial charge in [-0.05, 0) is 37.5 Å².